The zero-order valence-corrected chi connectivity index (χ0v) is 15.3. The van der Waals surface area contributed by atoms with Gasteiger partial charge in [0.15, 0.2) is 0 Å². The van der Waals surface area contributed by atoms with E-state index in [9.17, 15) is 8.42 Å². The van der Waals surface area contributed by atoms with E-state index < -0.39 is 10.0 Å². The smallest absolute Gasteiger partial charge is 0.262 e. The number of hydrogen-bond donors (Lipinski definition) is 1. The summed E-state index contributed by atoms with van der Waals surface area (Å²) in [6, 6.07) is 10.2. The molecule has 7 heteroatoms. The highest BCUT2D eigenvalue weighted by atomic mass is 79.9. The van der Waals surface area contributed by atoms with Crippen LogP contribution in [0.3, 0.4) is 0 Å². The van der Waals surface area contributed by atoms with Crippen LogP contribution in [0.25, 0.3) is 0 Å². The third-order valence-electron chi connectivity index (χ3n) is 2.80. The minimum Gasteiger partial charge on any atom is -0.497 e. The molecule has 0 unspecified atom stereocenters. The van der Waals surface area contributed by atoms with E-state index >= 15 is 0 Å². The summed E-state index contributed by atoms with van der Waals surface area (Å²) in [4.78, 5) is 0.232. The van der Waals surface area contributed by atoms with Crippen molar-refractivity contribution >= 4 is 47.6 Å². The van der Waals surface area contributed by atoms with Gasteiger partial charge in [-0.3, -0.25) is 4.72 Å². The first-order valence-corrected chi connectivity index (χ1v) is 9.02. The normalized spacial score (nSPS) is 11.2. The van der Waals surface area contributed by atoms with Gasteiger partial charge >= 0.3 is 0 Å². The summed E-state index contributed by atoms with van der Waals surface area (Å²) >= 11 is 6.61. The second-order valence-electron chi connectivity index (χ2n) is 4.40. The fourth-order valence-electron chi connectivity index (χ4n) is 1.81. The quantitative estimate of drug-likeness (QED) is 0.778. The topological polar surface area (TPSA) is 55.4 Å². The maximum absolute atomic E-state index is 12.5. The molecule has 0 aliphatic rings. The molecule has 0 radical (unpaired) electrons. The fourth-order valence-corrected chi connectivity index (χ4v) is 4.11. The summed E-state index contributed by atoms with van der Waals surface area (Å²) in [5.41, 5.74) is 1.10. The first kappa shape index (κ1) is 16.3. The molecule has 0 aromatic heterocycles. The van der Waals surface area contributed by atoms with Gasteiger partial charge in [-0.2, -0.15) is 0 Å². The molecule has 2 aromatic carbocycles. The summed E-state index contributed by atoms with van der Waals surface area (Å²) < 4.78 is 34.1. The molecule has 2 aromatic rings. The molecule has 1 N–H and O–H groups in total. The maximum Gasteiger partial charge on any atom is 0.262 e. The molecule has 0 fully saturated rings. The highest BCUT2D eigenvalue weighted by Gasteiger charge is 2.18. The van der Waals surface area contributed by atoms with Crippen LogP contribution in [0.15, 0.2) is 50.2 Å². The zero-order chi connectivity index (χ0) is 15.6. The Morgan fingerprint density at radius 2 is 1.76 bits per heavy atom. The number of aryl methyl sites for hydroxylation is 1. The second kappa shape index (κ2) is 6.37. The van der Waals surface area contributed by atoms with Crippen molar-refractivity contribution in [1.29, 1.82) is 0 Å². The number of sulfonamides is 1. The van der Waals surface area contributed by atoms with Crippen LogP contribution < -0.4 is 9.46 Å². The van der Waals surface area contributed by atoms with Crippen molar-refractivity contribution in [3.63, 3.8) is 0 Å². The summed E-state index contributed by atoms with van der Waals surface area (Å²) in [6.07, 6.45) is 0. The van der Waals surface area contributed by atoms with Crippen LogP contribution in [0, 0.1) is 6.92 Å². The molecule has 0 aliphatic heterocycles. The van der Waals surface area contributed by atoms with Crippen LogP contribution in [0.5, 0.6) is 5.75 Å². The lowest BCUT2D eigenvalue weighted by Crippen LogP contribution is -2.14. The van der Waals surface area contributed by atoms with E-state index in [2.05, 4.69) is 36.6 Å². The molecule has 0 saturated heterocycles. The molecule has 21 heavy (non-hydrogen) atoms. The third-order valence-corrected chi connectivity index (χ3v) is 5.27. The molecule has 2 rings (SSSR count). The van der Waals surface area contributed by atoms with Crippen molar-refractivity contribution in [3.05, 3.63) is 50.9 Å². The lowest BCUT2D eigenvalue weighted by Gasteiger charge is -2.12. The largest absolute Gasteiger partial charge is 0.497 e. The Kier molecular flexibility index (Phi) is 4.95. The van der Waals surface area contributed by atoms with Crippen molar-refractivity contribution < 1.29 is 13.2 Å². The Balaban J connectivity index is 2.42. The van der Waals surface area contributed by atoms with Gasteiger partial charge in [-0.1, -0.05) is 37.9 Å². The average molecular weight is 435 g/mol. The number of hydrogen-bond acceptors (Lipinski definition) is 3. The Hall–Kier alpha value is -1.05. The molecule has 0 spiro atoms. The highest BCUT2D eigenvalue weighted by Crippen LogP contribution is 2.28. The van der Waals surface area contributed by atoms with Gasteiger partial charge in [0, 0.05) is 15.0 Å². The van der Waals surface area contributed by atoms with Crippen LogP contribution in [-0.2, 0) is 10.0 Å². The second-order valence-corrected chi connectivity index (χ2v) is 7.88. The molecule has 0 saturated carbocycles. The number of ether oxygens (including phenoxy) is 1. The number of benzene rings is 2. The molecular formula is C14H13Br2NO3S. The lowest BCUT2D eigenvalue weighted by molar-refractivity contribution is 0.415. The Morgan fingerprint density at radius 3 is 2.43 bits per heavy atom. The van der Waals surface area contributed by atoms with Crippen LogP contribution in [0.1, 0.15) is 5.56 Å². The first-order chi connectivity index (χ1) is 9.81. The Morgan fingerprint density at radius 1 is 1.05 bits per heavy atom. The fraction of sp³-hybridized carbons (Fsp3) is 0.143. The molecule has 0 atom stereocenters. The van der Waals surface area contributed by atoms with Crippen molar-refractivity contribution in [3.8, 4) is 5.75 Å². The Labute approximate surface area is 140 Å². The van der Waals surface area contributed by atoms with Gasteiger partial charge in [0.1, 0.15) is 5.75 Å². The van der Waals surface area contributed by atoms with Crippen LogP contribution in [-0.4, -0.2) is 15.5 Å². The number of methoxy groups -OCH3 is 1. The van der Waals surface area contributed by atoms with Crippen LogP contribution in [0.2, 0.25) is 0 Å². The maximum atomic E-state index is 12.5. The van der Waals surface area contributed by atoms with Crippen molar-refractivity contribution in [2.45, 2.75) is 11.8 Å². The van der Waals surface area contributed by atoms with Gasteiger partial charge in [0.05, 0.1) is 17.7 Å². The van der Waals surface area contributed by atoms with Crippen LogP contribution in [0.4, 0.5) is 5.69 Å². The van der Waals surface area contributed by atoms with Crippen molar-refractivity contribution in [2.24, 2.45) is 0 Å². The average Bonchev–Trinajstić information content (AvgIpc) is 2.40. The molecule has 0 aliphatic carbocycles. The minimum absolute atomic E-state index is 0.232. The SMILES string of the molecule is COc1cc(Br)cc(NS(=O)(=O)c2cc(Br)ccc2C)c1. The summed E-state index contributed by atoms with van der Waals surface area (Å²) in [6.45, 7) is 1.75. The predicted octanol–water partition coefficient (Wildman–Crippen LogP) is 4.33. The van der Waals surface area contributed by atoms with E-state index in [4.69, 9.17) is 4.74 Å². The molecular weight excluding hydrogens is 422 g/mol. The predicted molar refractivity (Wildman–Crippen MR) is 90.4 cm³/mol. The summed E-state index contributed by atoms with van der Waals surface area (Å²) in [5, 5.41) is 0. The molecule has 0 amide bonds. The van der Waals surface area contributed by atoms with E-state index in [-0.39, 0.29) is 4.90 Å². The van der Waals surface area contributed by atoms with Crippen LogP contribution >= 0.6 is 31.9 Å². The van der Waals surface area contributed by atoms with Gasteiger partial charge in [0.25, 0.3) is 10.0 Å². The Bertz CT molecular complexity index is 776. The van der Waals surface area contributed by atoms with Gasteiger partial charge < -0.3 is 4.74 Å². The van der Waals surface area contributed by atoms with Gasteiger partial charge in [-0.15, -0.1) is 0 Å². The van der Waals surface area contributed by atoms with Gasteiger partial charge in [0.2, 0.25) is 0 Å². The zero-order valence-electron chi connectivity index (χ0n) is 11.4. The monoisotopic (exact) mass is 433 g/mol. The summed E-state index contributed by atoms with van der Waals surface area (Å²) in [5.74, 6) is 0.563. The summed E-state index contributed by atoms with van der Waals surface area (Å²) in [7, 11) is -2.14. The van der Waals surface area contributed by atoms with Crippen molar-refractivity contribution in [2.75, 3.05) is 11.8 Å². The number of rotatable bonds is 4. The van der Waals surface area contributed by atoms with E-state index in [0.717, 1.165) is 4.47 Å². The minimum atomic E-state index is -3.66. The molecule has 4 nitrogen and oxygen atoms in total. The van der Waals surface area contributed by atoms with E-state index in [1.807, 2.05) is 0 Å². The third kappa shape index (κ3) is 3.99. The number of halogens is 2. The lowest BCUT2D eigenvalue weighted by atomic mass is 10.2. The van der Waals surface area contributed by atoms with Gasteiger partial charge in [-0.05, 0) is 36.8 Å². The van der Waals surface area contributed by atoms with E-state index in [0.29, 0.717) is 21.5 Å². The molecule has 0 heterocycles. The van der Waals surface area contributed by atoms with E-state index in [1.165, 1.54) is 7.11 Å². The number of nitrogens with one attached hydrogen (secondary N) is 1. The number of anilines is 1. The standard InChI is InChI=1S/C14H13Br2NO3S/c1-9-3-4-10(15)7-14(9)21(18,19)17-12-5-11(16)6-13(8-12)20-2/h3-8,17H,1-2H3. The molecule has 112 valence electrons. The molecule has 0 bridgehead atoms. The highest BCUT2D eigenvalue weighted by molar-refractivity contribution is 9.10. The van der Waals surface area contributed by atoms with Crippen molar-refractivity contribution in [1.82, 2.24) is 0 Å². The van der Waals surface area contributed by atoms with Gasteiger partial charge in [-0.25, -0.2) is 8.42 Å². The van der Waals surface area contributed by atoms with E-state index in [1.54, 1.807) is 43.3 Å². The first-order valence-electron chi connectivity index (χ1n) is 5.95.